The van der Waals surface area contributed by atoms with Crippen LogP contribution in [0.25, 0.3) is 0 Å². The van der Waals surface area contributed by atoms with E-state index in [9.17, 15) is 0 Å². The fraction of sp³-hybridized carbons (Fsp3) is 0.875. The average Bonchev–Trinajstić information content (AvgIpc) is 2.85. The highest BCUT2D eigenvalue weighted by Crippen LogP contribution is 2.20. The molecule has 1 atom stereocenters. The maximum absolute atomic E-state index is 5.16. The summed E-state index contributed by atoms with van der Waals surface area (Å²) >= 11 is 0. The molecule has 19 heavy (non-hydrogen) atoms. The van der Waals surface area contributed by atoms with E-state index in [-0.39, 0.29) is 0 Å². The van der Waals surface area contributed by atoms with Gasteiger partial charge in [0.15, 0.2) is 0 Å². The number of allylic oxidation sites excluding steroid dienone is 1. The Bertz CT molecular complexity index is 290. The Balaban J connectivity index is 1.65. The molecule has 1 saturated heterocycles. The Morgan fingerprint density at radius 3 is 3.05 bits per heavy atom. The third-order valence-electron chi connectivity index (χ3n) is 4.41. The van der Waals surface area contributed by atoms with Crippen LogP contribution in [-0.2, 0) is 4.74 Å². The lowest BCUT2D eigenvalue weighted by atomic mass is 9.99. The summed E-state index contributed by atoms with van der Waals surface area (Å²) in [6.07, 6.45) is 9.25. The number of ether oxygens (including phenoxy) is 1. The SMILES string of the molecule is COCCN1CC[C@@H](CN(C)CC2=CCCCC2)C1. The summed E-state index contributed by atoms with van der Waals surface area (Å²) in [4.78, 5) is 5.07. The second-order valence-corrected chi connectivity index (χ2v) is 6.25. The summed E-state index contributed by atoms with van der Waals surface area (Å²) in [6, 6.07) is 0. The zero-order valence-corrected chi connectivity index (χ0v) is 12.7. The van der Waals surface area contributed by atoms with Gasteiger partial charge >= 0.3 is 0 Å². The molecule has 3 nitrogen and oxygen atoms in total. The Morgan fingerprint density at radius 1 is 1.42 bits per heavy atom. The van der Waals surface area contributed by atoms with Gasteiger partial charge in [-0.15, -0.1) is 0 Å². The van der Waals surface area contributed by atoms with Gasteiger partial charge in [0.05, 0.1) is 6.61 Å². The van der Waals surface area contributed by atoms with E-state index in [1.165, 1.54) is 58.3 Å². The summed E-state index contributed by atoms with van der Waals surface area (Å²) in [6.45, 7) is 6.92. The largest absolute Gasteiger partial charge is 0.383 e. The molecule has 0 radical (unpaired) electrons. The minimum atomic E-state index is 0.853. The smallest absolute Gasteiger partial charge is 0.0589 e. The van der Waals surface area contributed by atoms with Gasteiger partial charge in [-0.05, 0) is 51.6 Å². The van der Waals surface area contributed by atoms with Crippen molar-refractivity contribution >= 4 is 0 Å². The van der Waals surface area contributed by atoms with Crippen molar-refractivity contribution in [2.45, 2.75) is 32.1 Å². The van der Waals surface area contributed by atoms with Crippen molar-refractivity contribution in [1.29, 1.82) is 0 Å². The van der Waals surface area contributed by atoms with Gasteiger partial charge in [-0.25, -0.2) is 0 Å². The summed E-state index contributed by atoms with van der Waals surface area (Å²) in [5.74, 6) is 0.853. The van der Waals surface area contributed by atoms with Crippen molar-refractivity contribution < 1.29 is 4.74 Å². The van der Waals surface area contributed by atoms with E-state index < -0.39 is 0 Å². The van der Waals surface area contributed by atoms with Crippen molar-refractivity contribution in [1.82, 2.24) is 9.80 Å². The van der Waals surface area contributed by atoms with Crippen molar-refractivity contribution in [3.63, 3.8) is 0 Å². The van der Waals surface area contributed by atoms with E-state index in [1.807, 2.05) is 0 Å². The number of likely N-dealkylation sites (tertiary alicyclic amines) is 1. The number of nitrogens with zero attached hydrogens (tertiary/aromatic N) is 2. The second-order valence-electron chi connectivity index (χ2n) is 6.25. The van der Waals surface area contributed by atoms with Gasteiger partial charge in [0, 0.05) is 33.3 Å². The first-order valence-electron chi connectivity index (χ1n) is 7.85. The predicted octanol–water partition coefficient (Wildman–Crippen LogP) is 2.39. The zero-order chi connectivity index (χ0) is 13.5. The van der Waals surface area contributed by atoms with Gasteiger partial charge in [-0.3, -0.25) is 0 Å². The van der Waals surface area contributed by atoms with Crippen LogP contribution < -0.4 is 0 Å². The number of likely N-dealkylation sites (N-methyl/N-ethyl adjacent to an activating group) is 1. The Kier molecular flexibility index (Phi) is 6.35. The van der Waals surface area contributed by atoms with E-state index in [1.54, 1.807) is 12.7 Å². The van der Waals surface area contributed by atoms with E-state index in [0.29, 0.717) is 0 Å². The lowest BCUT2D eigenvalue weighted by molar-refractivity contribution is 0.157. The maximum atomic E-state index is 5.16. The molecule has 0 N–H and O–H groups in total. The minimum absolute atomic E-state index is 0.853. The van der Waals surface area contributed by atoms with Crippen molar-refractivity contribution in [3.8, 4) is 0 Å². The van der Waals surface area contributed by atoms with Crippen LogP contribution in [0.2, 0.25) is 0 Å². The van der Waals surface area contributed by atoms with Crippen LogP contribution >= 0.6 is 0 Å². The van der Waals surface area contributed by atoms with Crippen molar-refractivity contribution in [3.05, 3.63) is 11.6 Å². The second kappa shape index (κ2) is 8.03. The van der Waals surface area contributed by atoms with Crippen LogP contribution in [0, 0.1) is 5.92 Å². The summed E-state index contributed by atoms with van der Waals surface area (Å²) in [5.41, 5.74) is 1.67. The third kappa shape index (κ3) is 5.25. The highest BCUT2D eigenvalue weighted by atomic mass is 16.5. The number of hydrogen-bond acceptors (Lipinski definition) is 3. The molecule has 1 aliphatic carbocycles. The third-order valence-corrected chi connectivity index (χ3v) is 4.41. The Hall–Kier alpha value is -0.380. The summed E-state index contributed by atoms with van der Waals surface area (Å²) in [7, 11) is 4.08. The monoisotopic (exact) mass is 266 g/mol. The number of hydrogen-bond donors (Lipinski definition) is 0. The van der Waals surface area contributed by atoms with E-state index in [0.717, 1.165) is 19.1 Å². The van der Waals surface area contributed by atoms with Gasteiger partial charge in [-0.2, -0.15) is 0 Å². The van der Waals surface area contributed by atoms with Crippen LogP contribution in [0.15, 0.2) is 11.6 Å². The lowest BCUT2D eigenvalue weighted by Crippen LogP contribution is -2.31. The molecule has 3 heteroatoms. The summed E-state index contributed by atoms with van der Waals surface area (Å²) in [5, 5.41) is 0. The van der Waals surface area contributed by atoms with Gasteiger partial charge in [-0.1, -0.05) is 11.6 Å². The van der Waals surface area contributed by atoms with Crippen LogP contribution in [0.3, 0.4) is 0 Å². The highest BCUT2D eigenvalue weighted by molar-refractivity contribution is 5.07. The van der Waals surface area contributed by atoms with Crippen LogP contribution in [-0.4, -0.2) is 63.3 Å². The Morgan fingerprint density at radius 2 is 2.32 bits per heavy atom. The fourth-order valence-electron chi connectivity index (χ4n) is 3.39. The highest BCUT2D eigenvalue weighted by Gasteiger charge is 2.23. The van der Waals surface area contributed by atoms with Crippen LogP contribution in [0.1, 0.15) is 32.1 Å². The van der Waals surface area contributed by atoms with Gasteiger partial charge in [0.1, 0.15) is 0 Å². The molecule has 1 aliphatic heterocycles. The topological polar surface area (TPSA) is 15.7 Å². The predicted molar refractivity (Wildman–Crippen MR) is 80.5 cm³/mol. The molecule has 1 heterocycles. The first-order valence-corrected chi connectivity index (χ1v) is 7.85. The number of methoxy groups -OCH3 is 1. The van der Waals surface area contributed by atoms with Crippen LogP contribution in [0.4, 0.5) is 0 Å². The molecule has 0 unspecified atom stereocenters. The summed E-state index contributed by atoms with van der Waals surface area (Å²) < 4.78 is 5.16. The molecule has 110 valence electrons. The normalized spacial score (nSPS) is 25.0. The van der Waals surface area contributed by atoms with Crippen LogP contribution in [0.5, 0.6) is 0 Å². The van der Waals surface area contributed by atoms with Gasteiger partial charge < -0.3 is 14.5 Å². The van der Waals surface area contributed by atoms with Crippen molar-refractivity contribution in [2.75, 3.05) is 53.5 Å². The minimum Gasteiger partial charge on any atom is -0.383 e. The standard InChI is InChI=1S/C16H30N2O/c1-17(12-15-6-4-3-5-7-15)13-16-8-9-18(14-16)10-11-19-2/h6,16H,3-5,7-14H2,1-2H3/t16-/m0/s1. The van der Waals surface area contributed by atoms with Gasteiger partial charge in [0.2, 0.25) is 0 Å². The molecule has 0 amide bonds. The van der Waals surface area contributed by atoms with E-state index in [4.69, 9.17) is 4.74 Å². The molecule has 2 aliphatic rings. The first-order chi connectivity index (χ1) is 9.28. The maximum Gasteiger partial charge on any atom is 0.0589 e. The molecule has 0 aromatic rings. The van der Waals surface area contributed by atoms with E-state index >= 15 is 0 Å². The average molecular weight is 266 g/mol. The molecule has 0 aromatic heterocycles. The zero-order valence-electron chi connectivity index (χ0n) is 12.7. The Labute approximate surface area is 118 Å². The number of rotatable bonds is 7. The molecular weight excluding hydrogens is 236 g/mol. The molecular formula is C16H30N2O. The molecule has 1 fully saturated rings. The molecule has 0 aromatic carbocycles. The first kappa shape index (κ1) is 15.0. The molecule has 0 bridgehead atoms. The fourth-order valence-corrected chi connectivity index (χ4v) is 3.39. The van der Waals surface area contributed by atoms with E-state index in [2.05, 4.69) is 22.9 Å². The van der Waals surface area contributed by atoms with Crippen molar-refractivity contribution in [2.24, 2.45) is 5.92 Å². The quantitative estimate of drug-likeness (QED) is 0.658. The lowest BCUT2D eigenvalue weighted by Gasteiger charge is -2.24. The van der Waals surface area contributed by atoms with Gasteiger partial charge in [0.25, 0.3) is 0 Å². The molecule has 0 saturated carbocycles. The molecule has 0 spiro atoms. The molecule has 2 rings (SSSR count).